The molecule has 0 radical (unpaired) electrons. The molecule has 6 nitrogen and oxygen atoms in total. The van der Waals surface area contributed by atoms with Crippen LogP contribution in [0.25, 0.3) is 0 Å². The average Bonchev–Trinajstić information content (AvgIpc) is 2.49. The van der Waals surface area contributed by atoms with E-state index in [0.717, 1.165) is 13.1 Å². The van der Waals surface area contributed by atoms with Crippen LogP contribution in [-0.2, 0) is 23.7 Å². The minimum atomic E-state index is 0.0254. The van der Waals surface area contributed by atoms with Gasteiger partial charge in [-0.05, 0) is 13.5 Å². The lowest BCUT2D eigenvalue weighted by atomic mass is 10.5. The summed E-state index contributed by atoms with van der Waals surface area (Å²) in [6, 6.07) is 0. The van der Waals surface area contributed by atoms with E-state index in [-0.39, 0.29) is 12.4 Å². The molecule has 0 bridgehead atoms. The Hall–Kier alpha value is -0.530. The van der Waals surface area contributed by atoms with Crippen molar-refractivity contribution in [3.63, 3.8) is 0 Å². The smallest absolute Gasteiger partial charge is 0.155 e. The fourth-order valence-corrected chi connectivity index (χ4v) is 1.20. The number of hydrogen-bond acceptors (Lipinski definition) is 6. The highest BCUT2D eigenvalue weighted by Crippen LogP contribution is 1.83. The third-order valence-corrected chi connectivity index (χ3v) is 2.09. The third kappa shape index (κ3) is 24.8. The van der Waals surface area contributed by atoms with Gasteiger partial charge in [0, 0.05) is 6.54 Å². The summed E-state index contributed by atoms with van der Waals surface area (Å²) < 4.78 is 21.0. The van der Waals surface area contributed by atoms with Crippen LogP contribution in [0.1, 0.15) is 27.7 Å². The fraction of sp³-hybridized carbons (Fsp3) is 0.933. The van der Waals surface area contributed by atoms with Crippen LogP contribution in [0, 0.1) is 0 Å². The lowest BCUT2D eigenvalue weighted by molar-refractivity contribution is -0.122. The zero-order valence-electron chi connectivity index (χ0n) is 14.1. The number of hydrogen-bond donors (Lipinski definition) is 1. The first-order chi connectivity index (χ1) is 10.3. The molecule has 0 aromatic rings. The van der Waals surface area contributed by atoms with Crippen molar-refractivity contribution in [2.24, 2.45) is 0 Å². The van der Waals surface area contributed by atoms with E-state index in [1.807, 2.05) is 13.8 Å². The SMILES string of the molecule is CC.CCNCCOCCOCCOCCOCC(C)=O. The third-order valence-electron chi connectivity index (χ3n) is 2.09. The van der Waals surface area contributed by atoms with Gasteiger partial charge < -0.3 is 24.3 Å². The van der Waals surface area contributed by atoms with Crippen molar-refractivity contribution in [1.82, 2.24) is 5.32 Å². The van der Waals surface area contributed by atoms with Crippen LogP contribution in [0.4, 0.5) is 0 Å². The maximum absolute atomic E-state index is 10.6. The predicted octanol–water partition coefficient (Wildman–Crippen LogP) is 1.28. The Morgan fingerprint density at radius 3 is 1.67 bits per heavy atom. The molecular formula is C15H33NO5. The Kier molecular flexibility index (Phi) is 23.6. The van der Waals surface area contributed by atoms with E-state index in [4.69, 9.17) is 18.9 Å². The highest BCUT2D eigenvalue weighted by molar-refractivity contribution is 5.76. The van der Waals surface area contributed by atoms with E-state index >= 15 is 0 Å². The van der Waals surface area contributed by atoms with Crippen LogP contribution in [0.5, 0.6) is 0 Å². The molecule has 0 aliphatic rings. The standard InChI is InChI=1S/C13H27NO5.C2H6/c1-3-14-4-5-16-6-7-17-8-9-18-10-11-19-12-13(2)15;1-2/h14H,3-12H2,1-2H3;1-2H3. The molecule has 0 aliphatic carbocycles. The Morgan fingerprint density at radius 1 is 0.810 bits per heavy atom. The van der Waals surface area contributed by atoms with Gasteiger partial charge in [-0.3, -0.25) is 4.79 Å². The first-order valence-corrected chi connectivity index (χ1v) is 7.78. The second-order valence-electron chi connectivity index (χ2n) is 3.95. The number of ketones is 1. The van der Waals surface area contributed by atoms with Crippen molar-refractivity contribution in [1.29, 1.82) is 0 Å². The fourth-order valence-electron chi connectivity index (χ4n) is 1.20. The van der Waals surface area contributed by atoms with Crippen LogP contribution in [0.3, 0.4) is 0 Å². The van der Waals surface area contributed by atoms with Gasteiger partial charge in [0.15, 0.2) is 5.78 Å². The first kappa shape index (κ1) is 22.7. The number of carbonyl (C=O) groups is 1. The Balaban J connectivity index is 0. The number of rotatable bonds is 15. The summed E-state index contributed by atoms with van der Waals surface area (Å²) >= 11 is 0. The Bertz CT molecular complexity index is 203. The summed E-state index contributed by atoms with van der Waals surface area (Å²) in [5, 5.41) is 3.17. The molecule has 0 spiro atoms. The lowest BCUT2D eigenvalue weighted by Crippen LogP contribution is -2.20. The van der Waals surface area contributed by atoms with Crippen LogP contribution in [-0.4, -0.2) is 71.7 Å². The minimum absolute atomic E-state index is 0.0254. The summed E-state index contributed by atoms with van der Waals surface area (Å²) in [5.74, 6) is 0.0254. The summed E-state index contributed by atoms with van der Waals surface area (Å²) in [6.07, 6.45) is 0. The summed E-state index contributed by atoms with van der Waals surface area (Å²) in [6.45, 7) is 13.4. The molecule has 21 heavy (non-hydrogen) atoms. The Morgan fingerprint density at radius 2 is 1.24 bits per heavy atom. The first-order valence-electron chi connectivity index (χ1n) is 7.78. The summed E-state index contributed by atoms with van der Waals surface area (Å²) in [7, 11) is 0. The van der Waals surface area contributed by atoms with Gasteiger partial charge in [0.25, 0.3) is 0 Å². The highest BCUT2D eigenvalue weighted by Gasteiger charge is 1.94. The molecule has 0 aromatic heterocycles. The second-order valence-corrected chi connectivity index (χ2v) is 3.95. The molecule has 0 unspecified atom stereocenters. The van der Waals surface area contributed by atoms with E-state index in [2.05, 4.69) is 12.2 Å². The highest BCUT2D eigenvalue weighted by atomic mass is 16.6. The van der Waals surface area contributed by atoms with Gasteiger partial charge in [0.1, 0.15) is 6.61 Å². The number of carbonyl (C=O) groups excluding carboxylic acids is 1. The molecule has 0 saturated carbocycles. The van der Waals surface area contributed by atoms with Gasteiger partial charge in [-0.15, -0.1) is 0 Å². The molecule has 128 valence electrons. The van der Waals surface area contributed by atoms with Crippen molar-refractivity contribution in [3.8, 4) is 0 Å². The molecule has 0 saturated heterocycles. The summed E-state index contributed by atoms with van der Waals surface area (Å²) in [5.41, 5.74) is 0. The van der Waals surface area contributed by atoms with Crippen molar-refractivity contribution in [2.75, 3.05) is 65.9 Å². The zero-order valence-corrected chi connectivity index (χ0v) is 14.1. The van der Waals surface area contributed by atoms with E-state index in [9.17, 15) is 4.79 Å². The van der Waals surface area contributed by atoms with E-state index < -0.39 is 0 Å². The van der Waals surface area contributed by atoms with Gasteiger partial charge in [-0.2, -0.15) is 0 Å². The van der Waals surface area contributed by atoms with Gasteiger partial charge in [-0.1, -0.05) is 20.8 Å². The topological polar surface area (TPSA) is 66.0 Å². The Labute approximate surface area is 129 Å². The molecule has 0 aliphatic heterocycles. The van der Waals surface area contributed by atoms with Gasteiger partial charge in [-0.25, -0.2) is 0 Å². The van der Waals surface area contributed by atoms with Crippen molar-refractivity contribution in [2.45, 2.75) is 27.7 Å². The van der Waals surface area contributed by atoms with E-state index in [0.29, 0.717) is 46.2 Å². The molecule has 0 fully saturated rings. The second kappa shape index (κ2) is 21.8. The predicted molar refractivity (Wildman–Crippen MR) is 83.8 cm³/mol. The number of ether oxygens (including phenoxy) is 4. The molecule has 0 aromatic carbocycles. The normalized spacial score (nSPS) is 10.1. The maximum Gasteiger partial charge on any atom is 0.155 e. The number of nitrogens with one attached hydrogen (secondary N) is 1. The minimum Gasteiger partial charge on any atom is -0.378 e. The monoisotopic (exact) mass is 307 g/mol. The molecule has 0 heterocycles. The average molecular weight is 307 g/mol. The molecule has 0 rings (SSSR count). The van der Waals surface area contributed by atoms with Crippen LogP contribution in [0.15, 0.2) is 0 Å². The van der Waals surface area contributed by atoms with Crippen molar-refractivity contribution < 1.29 is 23.7 Å². The molecule has 1 N–H and O–H groups in total. The van der Waals surface area contributed by atoms with E-state index in [1.165, 1.54) is 6.92 Å². The van der Waals surface area contributed by atoms with Crippen LogP contribution in [0.2, 0.25) is 0 Å². The van der Waals surface area contributed by atoms with Gasteiger partial charge in [0.05, 0.1) is 46.2 Å². The molecular weight excluding hydrogens is 274 g/mol. The number of Topliss-reactive ketones (excluding diaryl/α,β-unsaturated/α-hetero) is 1. The van der Waals surface area contributed by atoms with Crippen LogP contribution < -0.4 is 5.32 Å². The number of likely N-dealkylation sites (N-methyl/N-ethyl adjacent to an activating group) is 1. The van der Waals surface area contributed by atoms with Gasteiger partial charge in [0.2, 0.25) is 0 Å². The molecule has 0 atom stereocenters. The van der Waals surface area contributed by atoms with Crippen LogP contribution >= 0.6 is 0 Å². The zero-order chi connectivity index (χ0) is 16.2. The molecule has 0 amide bonds. The largest absolute Gasteiger partial charge is 0.378 e. The lowest BCUT2D eigenvalue weighted by Gasteiger charge is -2.07. The van der Waals surface area contributed by atoms with Crippen molar-refractivity contribution in [3.05, 3.63) is 0 Å². The van der Waals surface area contributed by atoms with Crippen molar-refractivity contribution >= 4 is 5.78 Å². The van der Waals surface area contributed by atoms with E-state index in [1.54, 1.807) is 0 Å². The maximum atomic E-state index is 10.6. The molecule has 6 heteroatoms. The van der Waals surface area contributed by atoms with Gasteiger partial charge >= 0.3 is 0 Å². The summed E-state index contributed by atoms with van der Waals surface area (Å²) in [4.78, 5) is 10.6. The quantitative estimate of drug-likeness (QED) is 0.460.